The van der Waals surface area contributed by atoms with E-state index in [0.717, 1.165) is 17.7 Å². The molecule has 0 fully saturated rings. The first-order chi connectivity index (χ1) is 14.7. The molecule has 0 spiro atoms. The van der Waals surface area contributed by atoms with E-state index in [1.54, 1.807) is 6.07 Å². The van der Waals surface area contributed by atoms with Gasteiger partial charge >= 0.3 is 5.97 Å². The van der Waals surface area contributed by atoms with Gasteiger partial charge in [-0.1, -0.05) is 78.9 Å². The molecule has 146 valence electrons. The number of anilines is 1. The minimum atomic E-state index is -0.888. The normalized spacial score (nSPS) is 21.4. The number of fused-ring (bicyclic) bond motifs is 6. The van der Waals surface area contributed by atoms with Gasteiger partial charge in [-0.15, -0.1) is 0 Å². The molecule has 6 rings (SSSR count). The van der Waals surface area contributed by atoms with E-state index >= 15 is 0 Å². The Labute approximate surface area is 175 Å². The average Bonchev–Trinajstić information content (AvgIpc) is 3.17. The molecule has 30 heavy (non-hydrogen) atoms. The van der Waals surface area contributed by atoms with Crippen molar-refractivity contribution in [3.63, 3.8) is 0 Å². The van der Waals surface area contributed by atoms with Gasteiger partial charge in [0.2, 0.25) is 0 Å². The second kappa shape index (κ2) is 6.46. The first-order valence-electron chi connectivity index (χ1n) is 10.4. The first-order valence-corrected chi connectivity index (χ1v) is 10.4. The lowest BCUT2D eigenvalue weighted by molar-refractivity contribution is 0.0697. The zero-order chi connectivity index (χ0) is 20.2. The minimum absolute atomic E-state index is 0.0431. The summed E-state index contributed by atoms with van der Waals surface area (Å²) in [5, 5.41) is 16.0. The lowest BCUT2D eigenvalue weighted by atomic mass is 9.74. The molecule has 2 N–H and O–H groups in total. The van der Waals surface area contributed by atoms with Crippen LogP contribution >= 0.6 is 0 Å². The van der Waals surface area contributed by atoms with Crippen LogP contribution in [0.25, 0.3) is 10.8 Å². The molecule has 0 radical (unpaired) electrons. The van der Waals surface area contributed by atoms with Crippen LogP contribution in [-0.2, 0) is 6.42 Å². The Morgan fingerprint density at radius 3 is 2.40 bits per heavy atom. The fourth-order valence-corrected chi connectivity index (χ4v) is 5.60. The van der Waals surface area contributed by atoms with E-state index < -0.39 is 5.97 Å². The smallest absolute Gasteiger partial charge is 0.337 e. The first kappa shape index (κ1) is 17.3. The van der Waals surface area contributed by atoms with Gasteiger partial charge in [-0.3, -0.25) is 0 Å². The lowest BCUT2D eigenvalue weighted by Gasteiger charge is -2.39. The molecule has 4 aromatic carbocycles. The van der Waals surface area contributed by atoms with Gasteiger partial charge in [0.25, 0.3) is 0 Å². The van der Waals surface area contributed by atoms with Crippen LogP contribution < -0.4 is 5.32 Å². The summed E-state index contributed by atoms with van der Waals surface area (Å²) in [5.74, 6) is -0.355. The molecule has 0 unspecified atom stereocenters. The van der Waals surface area contributed by atoms with Crippen molar-refractivity contribution in [1.29, 1.82) is 0 Å². The fourth-order valence-electron chi connectivity index (χ4n) is 5.60. The summed E-state index contributed by atoms with van der Waals surface area (Å²) in [7, 11) is 0. The van der Waals surface area contributed by atoms with Crippen LogP contribution in [0.1, 0.15) is 44.6 Å². The van der Waals surface area contributed by atoms with E-state index in [9.17, 15) is 9.90 Å². The van der Waals surface area contributed by atoms with Crippen LogP contribution in [0.4, 0.5) is 5.69 Å². The highest BCUT2D eigenvalue weighted by Crippen LogP contribution is 2.55. The Balaban J connectivity index is 1.61. The van der Waals surface area contributed by atoms with Gasteiger partial charge in [-0.2, -0.15) is 0 Å². The highest BCUT2D eigenvalue weighted by Gasteiger charge is 2.44. The van der Waals surface area contributed by atoms with Gasteiger partial charge in [-0.25, -0.2) is 4.79 Å². The number of carbonyl (C=O) groups is 1. The van der Waals surface area contributed by atoms with Crippen LogP contribution in [-0.4, -0.2) is 11.1 Å². The van der Waals surface area contributed by atoms with Crippen molar-refractivity contribution in [3.8, 4) is 0 Å². The highest BCUT2D eigenvalue weighted by atomic mass is 16.4. The van der Waals surface area contributed by atoms with Crippen LogP contribution in [0.3, 0.4) is 0 Å². The summed E-state index contributed by atoms with van der Waals surface area (Å²) in [6, 6.07) is 29.2. The molecule has 2 aliphatic rings. The van der Waals surface area contributed by atoms with Crippen molar-refractivity contribution in [2.45, 2.75) is 18.4 Å². The van der Waals surface area contributed by atoms with Gasteiger partial charge in [-0.05, 0) is 51.4 Å². The number of nitrogens with one attached hydrogen (secondary N) is 1. The van der Waals surface area contributed by atoms with Crippen molar-refractivity contribution in [3.05, 3.63) is 113 Å². The Hall–Kier alpha value is -3.59. The van der Waals surface area contributed by atoms with Crippen molar-refractivity contribution < 1.29 is 9.90 Å². The lowest BCUT2D eigenvalue weighted by Crippen LogP contribution is -2.31. The summed E-state index contributed by atoms with van der Waals surface area (Å²) < 4.78 is 0. The molecule has 0 saturated carbocycles. The molecule has 1 aliphatic carbocycles. The van der Waals surface area contributed by atoms with Crippen LogP contribution in [0, 0.1) is 5.92 Å². The number of carboxylic acid groups (broad SMARTS) is 1. The van der Waals surface area contributed by atoms with E-state index in [4.69, 9.17) is 0 Å². The Morgan fingerprint density at radius 1 is 0.800 bits per heavy atom. The van der Waals surface area contributed by atoms with Crippen molar-refractivity contribution in [1.82, 2.24) is 0 Å². The number of hydrogen-bond acceptors (Lipinski definition) is 2. The number of carboxylic acids is 1. The third kappa shape index (κ3) is 2.42. The van der Waals surface area contributed by atoms with E-state index in [1.807, 2.05) is 6.07 Å². The highest BCUT2D eigenvalue weighted by molar-refractivity contribution is 5.96. The fraction of sp³-hybridized carbons (Fsp3) is 0.148. The molecule has 4 aromatic rings. The molecule has 0 aromatic heterocycles. The maximum atomic E-state index is 12.0. The molecular formula is C27H21NO2. The Kier molecular flexibility index (Phi) is 3.72. The van der Waals surface area contributed by atoms with E-state index in [2.05, 4.69) is 78.1 Å². The molecule has 1 aliphatic heterocycles. The van der Waals surface area contributed by atoms with Crippen molar-refractivity contribution in [2.24, 2.45) is 5.92 Å². The number of hydrogen-bond donors (Lipinski definition) is 2. The van der Waals surface area contributed by atoms with Crippen LogP contribution in [0.2, 0.25) is 0 Å². The molecule has 0 amide bonds. The topological polar surface area (TPSA) is 49.3 Å². The van der Waals surface area contributed by atoms with Crippen LogP contribution in [0.5, 0.6) is 0 Å². The van der Waals surface area contributed by atoms with E-state index in [1.165, 1.54) is 27.5 Å². The molecular weight excluding hydrogens is 370 g/mol. The maximum Gasteiger partial charge on any atom is 0.337 e. The summed E-state index contributed by atoms with van der Waals surface area (Å²) in [6.07, 6.45) is 0.985. The number of aromatic carboxylic acids is 1. The summed E-state index contributed by atoms with van der Waals surface area (Å²) in [6.45, 7) is 0. The monoisotopic (exact) mass is 391 g/mol. The van der Waals surface area contributed by atoms with Crippen molar-refractivity contribution in [2.75, 3.05) is 5.32 Å². The number of benzene rings is 4. The van der Waals surface area contributed by atoms with E-state index in [-0.39, 0.29) is 12.0 Å². The Bertz CT molecular complexity index is 1300. The van der Waals surface area contributed by atoms with Crippen molar-refractivity contribution >= 4 is 22.4 Å². The summed E-state index contributed by atoms with van der Waals surface area (Å²) in [4.78, 5) is 12.0. The number of para-hydroxylation sites is 1. The van der Waals surface area contributed by atoms with Crippen LogP contribution in [0.15, 0.2) is 84.9 Å². The quantitative estimate of drug-likeness (QED) is 0.440. The third-order valence-electron chi connectivity index (χ3n) is 6.82. The Morgan fingerprint density at radius 2 is 1.50 bits per heavy atom. The number of rotatable bonds is 2. The molecule has 1 heterocycles. The molecule has 0 bridgehead atoms. The largest absolute Gasteiger partial charge is 0.478 e. The molecule has 3 atom stereocenters. The second-order valence-corrected chi connectivity index (χ2v) is 8.31. The third-order valence-corrected chi connectivity index (χ3v) is 6.82. The van der Waals surface area contributed by atoms with Gasteiger partial charge in [0.15, 0.2) is 0 Å². The van der Waals surface area contributed by atoms with Gasteiger partial charge in [0, 0.05) is 5.92 Å². The molecule has 3 nitrogen and oxygen atoms in total. The SMILES string of the molecule is O=C(O)c1cccc2c1N[C@H](c1cccc3ccccc13)[C@H]1Cc3ccccc3[C@H]21. The van der Waals surface area contributed by atoms with Gasteiger partial charge in [0.05, 0.1) is 17.3 Å². The zero-order valence-electron chi connectivity index (χ0n) is 16.4. The molecule has 0 saturated heterocycles. The summed E-state index contributed by atoms with van der Waals surface area (Å²) in [5.41, 5.74) is 6.15. The second-order valence-electron chi connectivity index (χ2n) is 8.31. The minimum Gasteiger partial charge on any atom is -0.478 e. The summed E-state index contributed by atoms with van der Waals surface area (Å²) >= 11 is 0. The standard InChI is InChI=1S/C27H21NO2/c29-27(30)22-14-6-13-21-24-19-11-4-2-8-17(19)15-23(24)25(28-26(21)22)20-12-5-9-16-7-1-3-10-18(16)20/h1-14,23-25,28H,15H2,(H,29,30)/t23-,24+,25+/m0/s1. The zero-order valence-corrected chi connectivity index (χ0v) is 16.4. The van der Waals surface area contributed by atoms with E-state index in [0.29, 0.717) is 11.5 Å². The molecule has 3 heteroatoms. The predicted molar refractivity (Wildman–Crippen MR) is 119 cm³/mol. The van der Waals surface area contributed by atoms with Gasteiger partial charge < -0.3 is 10.4 Å². The van der Waals surface area contributed by atoms with Gasteiger partial charge in [0.1, 0.15) is 0 Å². The predicted octanol–water partition coefficient (Wildman–Crippen LogP) is 6.01. The average molecular weight is 391 g/mol. The maximum absolute atomic E-state index is 12.0.